The van der Waals surface area contributed by atoms with Crippen molar-refractivity contribution in [2.45, 2.75) is 13.5 Å². The van der Waals surface area contributed by atoms with Crippen molar-refractivity contribution in [2.24, 2.45) is 5.92 Å². The van der Waals surface area contributed by atoms with E-state index in [-0.39, 0.29) is 5.92 Å². The summed E-state index contributed by atoms with van der Waals surface area (Å²) in [4.78, 5) is 2.12. The van der Waals surface area contributed by atoms with Crippen molar-refractivity contribution in [1.29, 1.82) is 5.26 Å². The van der Waals surface area contributed by atoms with Crippen LogP contribution in [0, 0.1) is 17.2 Å². The molecule has 0 aliphatic carbocycles. The Kier molecular flexibility index (Phi) is 4.78. The largest absolute Gasteiger partial charge is 0.398 e. The van der Waals surface area contributed by atoms with Crippen LogP contribution in [0.5, 0.6) is 0 Å². The number of hydrogen-bond acceptors (Lipinski definition) is 3. The predicted molar refractivity (Wildman–Crippen MR) is 69.7 cm³/mol. The SMILES string of the molecule is CC(C#N)CN(C)Cc1ccc(Br)c(N)c1. The third-order valence-electron chi connectivity index (χ3n) is 2.32. The first-order chi connectivity index (χ1) is 7.52. The van der Waals surface area contributed by atoms with Crippen LogP contribution in [0.1, 0.15) is 12.5 Å². The number of nitrogens with zero attached hydrogens (tertiary/aromatic N) is 2. The number of nitrogens with two attached hydrogens (primary N) is 1. The molecule has 1 rings (SSSR count). The highest BCUT2D eigenvalue weighted by molar-refractivity contribution is 9.10. The second kappa shape index (κ2) is 5.88. The lowest BCUT2D eigenvalue weighted by molar-refractivity contribution is 0.303. The highest BCUT2D eigenvalue weighted by Gasteiger charge is 2.06. The average molecular weight is 282 g/mol. The molecule has 3 nitrogen and oxygen atoms in total. The normalized spacial score (nSPS) is 12.4. The Morgan fingerprint density at radius 2 is 2.25 bits per heavy atom. The molecule has 0 fully saturated rings. The molecule has 1 aromatic rings. The Morgan fingerprint density at radius 1 is 1.56 bits per heavy atom. The van der Waals surface area contributed by atoms with Crippen molar-refractivity contribution in [1.82, 2.24) is 4.90 Å². The van der Waals surface area contributed by atoms with Crippen LogP contribution in [0.25, 0.3) is 0 Å². The molecule has 0 amide bonds. The minimum Gasteiger partial charge on any atom is -0.398 e. The second-order valence-corrected chi connectivity index (χ2v) is 4.94. The average Bonchev–Trinajstić information content (AvgIpc) is 2.23. The molecule has 4 heteroatoms. The summed E-state index contributed by atoms with van der Waals surface area (Å²) in [5.74, 6) is 0.0535. The fourth-order valence-electron chi connectivity index (χ4n) is 1.58. The molecule has 1 aromatic carbocycles. The minimum atomic E-state index is 0.0535. The molecule has 86 valence electrons. The highest BCUT2D eigenvalue weighted by atomic mass is 79.9. The van der Waals surface area contributed by atoms with Crippen LogP contribution in [0.15, 0.2) is 22.7 Å². The summed E-state index contributed by atoms with van der Waals surface area (Å²) in [6, 6.07) is 8.17. The smallest absolute Gasteiger partial charge is 0.0666 e. The van der Waals surface area contributed by atoms with E-state index in [0.29, 0.717) is 0 Å². The van der Waals surface area contributed by atoms with E-state index in [0.717, 1.165) is 28.8 Å². The van der Waals surface area contributed by atoms with Gasteiger partial charge in [-0.1, -0.05) is 6.07 Å². The van der Waals surface area contributed by atoms with Crippen molar-refractivity contribution in [2.75, 3.05) is 19.3 Å². The monoisotopic (exact) mass is 281 g/mol. The third kappa shape index (κ3) is 3.84. The maximum atomic E-state index is 8.73. The Bertz CT molecular complexity index is 398. The standard InChI is InChI=1S/C12H16BrN3/c1-9(6-14)7-16(2)8-10-3-4-11(13)12(15)5-10/h3-5,9H,7-8,15H2,1-2H3. The zero-order valence-electron chi connectivity index (χ0n) is 9.57. The van der Waals surface area contributed by atoms with Crippen LogP contribution >= 0.6 is 15.9 Å². The summed E-state index contributed by atoms with van der Waals surface area (Å²) in [6.07, 6.45) is 0. The van der Waals surface area contributed by atoms with Crippen molar-refractivity contribution in [3.8, 4) is 6.07 Å². The van der Waals surface area contributed by atoms with E-state index in [9.17, 15) is 0 Å². The van der Waals surface area contributed by atoms with Gasteiger partial charge in [0.25, 0.3) is 0 Å². The van der Waals surface area contributed by atoms with Crippen LogP contribution in [-0.4, -0.2) is 18.5 Å². The molecule has 0 saturated carbocycles. The van der Waals surface area contributed by atoms with Crippen LogP contribution in [0.2, 0.25) is 0 Å². The molecule has 1 atom stereocenters. The van der Waals surface area contributed by atoms with E-state index in [4.69, 9.17) is 11.0 Å². The maximum Gasteiger partial charge on any atom is 0.0666 e. The summed E-state index contributed by atoms with van der Waals surface area (Å²) in [7, 11) is 2.01. The Morgan fingerprint density at radius 3 is 2.81 bits per heavy atom. The fourth-order valence-corrected chi connectivity index (χ4v) is 1.82. The minimum absolute atomic E-state index is 0.0535. The lowest BCUT2D eigenvalue weighted by Gasteiger charge is -2.18. The van der Waals surface area contributed by atoms with Crippen molar-refractivity contribution in [3.05, 3.63) is 28.2 Å². The number of benzene rings is 1. The first kappa shape index (κ1) is 13.0. The van der Waals surface area contributed by atoms with Crippen LogP contribution in [-0.2, 0) is 6.54 Å². The summed E-state index contributed by atoms with van der Waals surface area (Å²) in [5, 5.41) is 8.73. The van der Waals surface area contributed by atoms with Crippen LogP contribution < -0.4 is 5.73 Å². The lowest BCUT2D eigenvalue weighted by Crippen LogP contribution is -2.23. The molecular weight excluding hydrogens is 266 g/mol. The van der Waals surface area contributed by atoms with Gasteiger partial charge in [-0.3, -0.25) is 0 Å². The Hall–Kier alpha value is -1.05. The number of anilines is 1. The summed E-state index contributed by atoms with van der Waals surface area (Å²) in [5.41, 5.74) is 7.72. The Balaban J connectivity index is 2.60. The molecular formula is C12H16BrN3. The third-order valence-corrected chi connectivity index (χ3v) is 3.04. The number of hydrogen-bond donors (Lipinski definition) is 1. The van der Waals surface area contributed by atoms with Gasteiger partial charge in [-0.05, 0) is 47.6 Å². The van der Waals surface area contributed by atoms with Gasteiger partial charge in [0.1, 0.15) is 0 Å². The van der Waals surface area contributed by atoms with Crippen LogP contribution in [0.4, 0.5) is 5.69 Å². The molecule has 0 aliphatic rings. The summed E-state index contributed by atoms with van der Waals surface area (Å²) >= 11 is 3.37. The molecule has 0 aliphatic heterocycles. The zero-order chi connectivity index (χ0) is 12.1. The van der Waals surface area contributed by atoms with E-state index >= 15 is 0 Å². The van der Waals surface area contributed by atoms with Gasteiger partial charge in [0.15, 0.2) is 0 Å². The molecule has 0 aromatic heterocycles. The van der Waals surface area contributed by atoms with Crippen molar-refractivity contribution >= 4 is 21.6 Å². The molecule has 0 bridgehead atoms. The van der Waals surface area contributed by atoms with Gasteiger partial charge in [0, 0.05) is 23.2 Å². The quantitative estimate of drug-likeness (QED) is 0.864. The van der Waals surface area contributed by atoms with Crippen molar-refractivity contribution < 1.29 is 0 Å². The van der Waals surface area contributed by atoms with Gasteiger partial charge in [-0.25, -0.2) is 0 Å². The molecule has 2 N–H and O–H groups in total. The van der Waals surface area contributed by atoms with E-state index in [2.05, 4.69) is 26.9 Å². The van der Waals surface area contributed by atoms with Gasteiger partial charge in [0.05, 0.1) is 12.0 Å². The van der Waals surface area contributed by atoms with E-state index in [1.54, 1.807) is 0 Å². The van der Waals surface area contributed by atoms with Gasteiger partial charge in [0.2, 0.25) is 0 Å². The van der Waals surface area contributed by atoms with E-state index in [1.165, 1.54) is 0 Å². The molecule has 0 heterocycles. The first-order valence-electron chi connectivity index (χ1n) is 5.15. The molecule has 0 spiro atoms. The lowest BCUT2D eigenvalue weighted by atomic mass is 10.1. The number of halogens is 1. The van der Waals surface area contributed by atoms with Crippen LogP contribution in [0.3, 0.4) is 0 Å². The number of nitrogen functional groups attached to an aromatic ring is 1. The number of rotatable bonds is 4. The van der Waals surface area contributed by atoms with Gasteiger partial charge >= 0.3 is 0 Å². The van der Waals surface area contributed by atoms with Gasteiger partial charge in [-0.2, -0.15) is 5.26 Å². The van der Waals surface area contributed by atoms with E-state index < -0.39 is 0 Å². The molecule has 0 radical (unpaired) electrons. The molecule has 1 unspecified atom stereocenters. The van der Waals surface area contributed by atoms with E-state index in [1.807, 2.05) is 32.2 Å². The zero-order valence-corrected chi connectivity index (χ0v) is 11.2. The summed E-state index contributed by atoms with van der Waals surface area (Å²) in [6.45, 7) is 3.50. The van der Waals surface area contributed by atoms with Gasteiger partial charge in [-0.15, -0.1) is 0 Å². The summed E-state index contributed by atoms with van der Waals surface area (Å²) < 4.78 is 0.921. The topological polar surface area (TPSA) is 53.0 Å². The predicted octanol–water partition coefficient (Wildman–Crippen LogP) is 2.62. The first-order valence-corrected chi connectivity index (χ1v) is 5.94. The fraction of sp³-hybridized carbons (Fsp3) is 0.417. The Labute approximate surface area is 105 Å². The highest BCUT2D eigenvalue weighted by Crippen LogP contribution is 2.20. The maximum absolute atomic E-state index is 8.73. The number of nitriles is 1. The molecule has 16 heavy (non-hydrogen) atoms. The second-order valence-electron chi connectivity index (χ2n) is 4.08. The van der Waals surface area contributed by atoms with Crippen molar-refractivity contribution in [3.63, 3.8) is 0 Å². The van der Waals surface area contributed by atoms with Gasteiger partial charge < -0.3 is 10.6 Å². The molecule has 0 saturated heterocycles.